The van der Waals surface area contributed by atoms with Gasteiger partial charge < -0.3 is 4.74 Å². The average molecular weight is 245 g/mol. The van der Waals surface area contributed by atoms with E-state index in [0.717, 1.165) is 0 Å². The zero-order valence-electron chi connectivity index (χ0n) is 9.25. The van der Waals surface area contributed by atoms with Gasteiger partial charge in [0.25, 0.3) is 10.0 Å². The van der Waals surface area contributed by atoms with Crippen LogP contribution in [0, 0.1) is 0 Å². The van der Waals surface area contributed by atoms with Gasteiger partial charge in [0.1, 0.15) is 0 Å². The van der Waals surface area contributed by atoms with Crippen LogP contribution in [-0.4, -0.2) is 48.2 Å². The Morgan fingerprint density at radius 3 is 2.94 bits per heavy atom. The van der Waals surface area contributed by atoms with Crippen molar-refractivity contribution in [3.05, 3.63) is 12.3 Å². The maximum absolute atomic E-state index is 12.2. The summed E-state index contributed by atoms with van der Waals surface area (Å²) < 4.78 is 31.3. The van der Waals surface area contributed by atoms with Crippen LogP contribution in [0.4, 0.5) is 0 Å². The maximum atomic E-state index is 12.2. The van der Waals surface area contributed by atoms with E-state index in [2.05, 4.69) is 10.2 Å². The first-order valence-corrected chi connectivity index (χ1v) is 6.58. The monoisotopic (exact) mass is 245 g/mol. The molecule has 0 aliphatic carbocycles. The standard InChI is InChI=1S/C9H15N3O3S/c1-7-6-15-8(2)5-12(7)16(13,14)9-3-4-10-11-9/h3-4,7-8H,5-6H2,1-2H3,(H,10,11). The van der Waals surface area contributed by atoms with Crippen LogP contribution in [0.2, 0.25) is 0 Å². The summed E-state index contributed by atoms with van der Waals surface area (Å²) in [5, 5.41) is 6.29. The normalized spacial score (nSPS) is 28.1. The molecule has 0 aromatic carbocycles. The minimum Gasteiger partial charge on any atom is -0.375 e. The lowest BCUT2D eigenvalue weighted by Crippen LogP contribution is -2.50. The Kier molecular flexibility index (Phi) is 3.00. The molecule has 0 spiro atoms. The Hall–Kier alpha value is -0.920. The van der Waals surface area contributed by atoms with Crippen LogP contribution in [0.5, 0.6) is 0 Å². The number of H-pyrrole nitrogens is 1. The topological polar surface area (TPSA) is 75.3 Å². The zero-order chi connectivity index (χ0) is 11.8. The molecule has 2 heterocycles. The van der Waals surface area contributed by atoms with Crippen LogP contribution in [0.3, 0.4) is 0 Å². The third-order valence-electron chi connectivity index (χ3n) is 2.61. The second-order valence-corrected chi connectivity index (χ2v) is 5.85. The Balaban J connectivity index is 2.29. The molecule has 2 atom stereocenters. The highest BCUT2D eigenvalue weighted by Crippen LogP contribution is 2.20. The predicted octanol–water partition coefficient (Wildman–Crippen LogP) is 0.208. The second-order valence-electron chi connectivity index (χ2n) is 3.99. The minimum atomic E-state index is -3.47. The first-order valence-electron chi connectivity index (χ1n) is 5.14. The Bertz CT molecular complexity index is 443. The lowest BCUT2D eigenvalue weighted by molar-refractivity contribution is -0.0171. The van der Waals surface area contributed by atoms with Crippen molar-refractivity contribution in [2.45, 2.75) is 31.0 Å². The van der Waals surface area contributed by atoms with E-state index in [-0.39, 0.29) is 17.2 Å². The molecular weight excluding hydrogens is 230 g/mol. The number of nitrogens with one attached hydrogen (secondary N) is 1. The molecule has 1 saturated heterocycles. The minimum absolute atomic E-state index is 0.0751. The number of nitrogens with zero attached hydrogens (tertiary/aromatic N) is 2. The van der Waals surface area contributed by atoms with E-state index in [1.54, 1.807) is 0 Å². The van der Waals surface area contributed by atoms with Gasteiger partial charge in [-0.1, -0.05) is 0 Å². The summed E-state index contributed by atoms with van der Waals surface area (Å²) >= 11 is 0. The van der Waals surface area contributed by atoms with Crippen LogP contribution < -0.4 is 0 Å². The summed E-state index contributed by atoms with van der Waals surface area (Å²) in [7, 11) is -3.47. The van der Waals surface area contributed by atoms with E-state index in [9.17, 15) is 8.42 Å². The number of aromatic amines is 1. The number of hydrogen-bond donors (Lipinski definition) is 1. The van der Waals surface area contributed by atoms with E-state index < -0.39 is 10.0 Å². The smallest absolute Gasteiger partial charge is 0.260 e. The number of ether oxygens (including phenoxy) is 1. The third kappa shape index (κ3) is 1.98. The van der Waals surface area contributed by atoms with Crippen molar-refractivity contribution in [3.8, 4) is 0 Å². The molecule has 1 aromatic heterocycles. The number of aromatic nitrogens is 2. The molecule has 0 bridgehead atoms. The first kappa shape index (κ1) is 11.6. The van der Waals surface area contributed by atoms with Crippen molar-refractivity contribution < 1.29 is 13.2 Å². The molecule has 0 radical (unpaired) electrons. The summed E-state index contributed by atoms with van der Waals surface area (Å²) in [6.45, 7) is 4.50. The molecule has 1 aromatic rings. The van der Waals surface area contributed by atoms with E-state index in [1.165, 1.54) is 16.6 Å². The van der Waals surface area contributed by atoms with Crippen LogP contribution in [-0.2, 0) is 14.8 Å². The molecule has 2 rings (SSSR count). The van der Waals surface area contributed by atoms with Gasteiger partial charge in [0.05, 0.1) is 18.9 Å². The van der Waals surface area contributed by atoms with Crippen LogP contribution in [0.25, 0.3) is 0 Å². The van der Waals surface area contributed by atoms with E-state index in [1.807, 2.05) is 13.8 Å². The zero-order valence-corrected chi connectivity index (χ0v) is 10.1. The molecule has 2 unspecified atom stereocenters. The maximum Gasteiger partial charge on any atom is 0.260 e. The number of hydrogen-bond acceptors (Lipinski definition) is 4. The van der Waals surface area contributed by atoms with Crippen LogP contribution in [0.1, 0.15) is 13.8 Å². The largest absolute Gasteiger partial charge is 0.375 e. The van der Waals surface area contributed by atoms with Gasteiger partial charge in [0.2, 0.25) is 0 Å². The molecular formula is C9H15N3O3S. The lowest BCUT2D eigenvalue weighted by atomic mass is 10.2. The second kappa shape index (κ2) is 4.15. The molecule has 6 nitrogen and oxygen atoms in total. The average Bonchev–Trinajstić information content (AvgIpc) is 2.75. The molecule has 16 heavy (non-hydrogen) atoms. The highest BCUT2D eigenvalue weighted by Gasteiger charge is 2.34. The fraction of sp³-hybridized carbons (Fsp3) is 0.667. The van der Waals surface area contributed by atoms with E-state index in [4.69, 9.17) is 4.74 Å². The van der Waals surface area contributed by atoms with Crippen LogP contribution in [0.15, 0.2) is 17.3 Å². The highest BCUT2D eigenvalue weighted by atomic mass is 32.2. The fourth-order valence-electron chi connectivity index (χ4n) is 1.72. The number of rotatable bonds is 2. The molecule has 1 fully saturated rings. The van der Waals surface area contributed by atoms with Gasteiger partial charge in [-0.3, -0.25) is 5.10 Å². The third-order valence-corrected chi connectivity index (χ3v) is 4.52. The van der Waals surface area contributed by atoms with E-state index >= 15 is 0 Å². The summed E-state index contributed by atoms with van der Waals surface area (Å²) in [5.74, 6) is 0. The van der Waals surface area contributed by atoms with Gasteiger partial charge >= 0.3 is 0 Å². The predicted molar refractivity (Wildman–Crippen MR) is 57.4 cm³/mol. The Labute approximate surface area is 94.6 Å². The van der Waals surface area contributed by atoms with Gasteiger partial charge in [-0.2, -0.15) is 9.40 Å². The SMILES string of the molecule is CC1CN(S(=O)(=O)c2ccn[nH]2)C(C)CO1. The molecule has 1 aliphatic heterocycles. The van der Waals surface area contributed by atoms with Crippen molar-refractivity contribution in [1.82, 2.24) is 14.5 Å². The number of sulfonamides is 1. The fourth-order valence-corrected chi connectivity index (χ4v) is 3.32. The van der Waals surface area contributed by atoms with Crippen molar-refractivity contribution in [2.75, 3.05) is 13.2 Å². The summed E-state index contributed by atoms with van der Waals surface area (Å²) in [5.41, 5.74) is 0. The first-order chi connectivity index (χ1) is 7.51. The van der Waals surface area contributed by atoms with Crippen molar-refractivity contribution in [1.29, 1.82) is 0 Å². The highest BCUT2D eigenvalue weighted by molar-refractivity contribution is 7.89. The molecule has 90 valence electrons. The van der Waals surface area contributed by atoms with Crippen LogP contribution >= 0.6 is 0 Å². The van der Waals surface area contributed by atoms with E-state index in [0.29, 0.717) is 13.2 Å². The van der Waals surface area contributed by atoms with Crippen molar-refractivity contribution in [2.24, 2.45) is 0 Å². The van der Waals surface area contributed by atoms with Gasteiger partial charge in [-0.05, 0) is 19.9 Å². The lowest BCUT2D eigenvalue weighted by Gasteiger charge is -2.35. The molecule has 7 heteroatoms. The molecule has 0 saturated carbocycles. The van der Waals surface area contributed by atoms with Gasteiger partial charge in [-0.15, -0.1) is 0 Å². The van der Waals surface area contributed by atoms with Crippen molar-refractivity contribution in [3.63, 3.8) is 0 Å². The van der Waals surface area contributed by atoms with Gasteiger partial charge in [-0.25, -0.2) is 8.42 Å². The van der Waals surface area contributed by atoms with Crippen molar-refractivity contribution >= 4 is 10.0 Å². The molecule has 1 N–H and O–H groups in total. The van der Waals surface area contributed by atoms with Gasteiger partial charge in [0.15, 0.2) is 5.03 Å². The molecule has 1 aliphatic rings. The summed E-state index contributed by atoms with van der Waals surface area (Å²) in [6, 6.07) is 1.31. The summed E-state index contributed by atoms with van der Waals surface area (Å²) in [4.78, 5) is 0. The Morgan fingerprint density at radius 2 is 2.31 bits per heavy atom. The summed E-state index contributed by atoms with van der Waals surface area (Å²) in [6.07, 6.45) is 1.36. The quantitative estimate of drug-likeness (QED) is 0.808. The molecule has 0 amide bonds. The Morgan fingerprint density at radius 1 is 1.56 bits per heavy atom. The van der Waals surface area contributed by atoms with Gasteiger partial charge in [0, 0.05) is 12.6 Å². The number of morpholine rings is 1.